The Labute approximate surface area is 156 Å². The van der Waals surface area contributed by atoms with Gasteiger partial charge in [0, 0.05) is 35.2 Å². The molecule has 2 aromatic rings. The average molecular weight is 375 g/mol. The molecule has 2 amide bonds. The van der Waals surface area contributed by atoms with Crippen LogP contribution in [0.3, 0.4) is 0 Å². The maximum atomic E-state index is 12.6. The highest BCUT2D eigenvalue weighted by molar-refractivity contribution is 7.99. The van der Waals surface area contributed by atoms with Crippen molar-refractivity contribution in [3.05, 3.63) is 59.1 Å². The van der Waals surface area contributed by atoms with Crippen molar-refractivity contribution >= 4 is 40.9 Å². The van der Waals surface area contributed by atoms with Gasteiger partial charge in [-0.1, -0.05) is 29.8 Å². The van der Waals surface area contributed by atoms with Crippen LogP contribution in [0.25, 0.3) is 0 Å². The molecule has 0 bridgehead atoms. The first-order valence-corrected chi connectivity index (χ1v) is 9.57. The largest absolute Gasteiger partial charge is 0.351 e. The minimum absolute atomic E-state index is 0.0379. The van der Waals surface area contributed by atoms with Gasteiger partial charge < -0.3 is 10.2 Å². The zero-order valence-corrected chi connectivity index (χ0v) is 15.3. The molecule has 0 aliphatic carbocycles. The van der Waals surface area contributed by atoms with Gasteiger partial charge in [0.05, 0.1) is 11.3 Å². The highest BCUT2D eigenvalue weighted by atomic mass is 35.5. The molecule has 4 nitrogen and oxygen atoms in total. The summed E-state index contributed by atoms with van der Waals surface area (Å²) in [4.78, 5) is 27.4. The first kappa shape index (κ1) is 17.8. The fourth-order valence-electron chi connectivity index (χ4n) is 2.77. The van der Waals surface area contributed by atoms with Crippen molar-refractivity contribution in [3.8, 4) is 0 Å². The van der Waals surface area contributed by atoms with E-state index in [1.54, 1.807) is 34.9 Å². The number of thioether (sulfide) groups is 1. The third-order valence-corrected chi connectivity index (χ3v) is 5.22. The van der Waals surface area contributed by atoms with Crippen molar-refractivity contribution < 1.29 is 9.59 Å². The molecule has 1 N–H and O–H groups in total. The Kier molecular flexibility index (Phi) is 6.00. The molecule has 2 aromatic carbocycles. The number of hydrogen-bond acceptors (Lipinski definition) is 3. The number of rotatable bonds is 6. The normalized spacial score (nSPS) is 14.0. The molecule has 130 valence electrons. The molecule has 1 aliphatic heterocycles. The maximum absolute atomic E-state index is 12.6. The topological polar surface area (TPSA) is 49.4 Å². The smallest absolute Gasteiger partial charge is 0.253 e. The molecular formula is C19H19ClN2O2S. The van der Waals surface area contributed by atoms with E-state index in [0.29, 0.717) is 35.8 Å². The highest BCUT2D eigenvalue weighted by Gasteiger charge is 2.26. The number of nitrogens with one attached hydrogen (secondary N) is 1. The second-order valence-electron chi connectivity index (χ2n) is 5.73. The lowest BCUT2D eigenvalue weighted by Gasteiger charge is -2.19. The van der Waals surface area contributed by atoms with E-state index in [1.165, 1.54) is 4.90 Å². The van der Waals surface area contributed by atoms with Crippen LogP contribution >= 0.6 is 23.4 Å². The molecule has 0 aromatic heterocycles. The molecule has 3 rings (SSSR count). The summed E-state index contributed by atoms with van der Waals surface area (Å²) in [5, 5.41) is 3.45. The quantitative estimate of drug-likeness (QED) is 0.614. The number of amides is 2. The lowest BCUT2D eigenvalue weighted by Crippen LogP contribution is -2.30. The maximum Gasteiger partial charge on any atom is 0.253 e. The van der Waals surface area contributed by atoms with Gasteiger partial charge in [0.2, 0.25) is 5.91 Å². The summed E-state index contributed by atoms with van der Waals surface area (Å²) in [6.45, 7) is 1.18. The summed E-state index contributed by atoms with van der Waals surface area (Å²) in [7, 11) is 0. The molecule has 25 heavy (non-hydrogen) atoms. The van der Waals surface area contributed by atoms with E-state index in [2.05, 4.69) is 5.32 Å². The Morgan fingerprint density at radius 2 is 2.00 bits per heavy atom. The van der Waals surface area contributed by atoms with E-state index in [1.807, 2.05) is 30.3 Å². The van der Waals surface area contributed by atoms with Gasteiger partial charge in [-0.25, -0.2) is 0 Å². The van der Waals surface area contributed by atoms with Crippen molar-refractivity contribution in [2.45, 2.75) is 17.7 Å². The summed E-state index contributed by atoms with van der Waals surface area (Å²) < 4.78 is 0. The number of anilines is 1. The third-order valence-electron chi connectivity index (χ3n) is 3.97. The van der Waals surface area contributed by atoms with E-state index >= 15 is 0 Å². The van der Waals surface area contributed by atoms with Gasteiger partial charge in [-0.15, -0.1) is 11.8 Å². The number of benzene rings is 2. The summed E-state index contributed by atoms with van der Waals surface area (Å²) in [5.74, 6) is 0.636. The van der Waals surface area contributed by atoms with Crippen LogP contribution < -0.4 is 10.2 Å². The molecule has 0 saturated carbocycles. The number of halogens is 1. The minimum atomic E-state index is -0.181. The standard InChI is InChI=1S/C19H19ClN2O2S/c20-14-8-9-16(17(13-14)22-11-4-7-18(22)23)19(24)21-10-12-25-15-5-2-1-3-6-15/h1-3,5-6,8-9,13H,4,7,10-12H2,(H,21,24). The molecule has 0 spiro atoms. The highest BCUT2D eigenvalue weighted by Crippen LogP contribution is 2.28. The first-order chi connectivity index (χ1) is 12.1. The molecule has 0 radical (unpaired) electrons. The second-order valence-corrected chi connectivity index (χ2v) is 7.33. The zero-order chi connectivity index (χ0) is 17.6. The van der Waals surface area contributed by atoms with Crippen LogP contribution in [0.1, 0.15) is 23.2 Å². The van der Waals surface area contributed by atoms with Gasteiger partial charge in [-0.05, 0) is 36.8 Å². The Morgan fingerprint density at radius 3 is 2.72 bits per heavy atom. The molecule has 0 atom stereocenters. The molecule has 6 heteroatoms. The van der Waals surface area contributed by atoms with E-state index in [9.17, 15) is 9.59 Å². The van der Waals surface area contributed by atoms with Crippen molar-refractivity contribution in [2.24, 2.45) is 0 Å². The predicted molar refractivity (Wildman–Crippen MR) is 103 cm³/mol. The SMILES string of the molecule is O=C(NCCSc1ccccc1)c1ccc(Cl)cc1N1CCCC1=O. The fourth-order valence-corrected chi connectivity index (χ4v) is 3.72. The van der Waals surface area contributed by atoms with Crippen LogP contribution in [0.15, 0.2) is 53.4 Å². The van der Waals surface area contributed by atoms with Gasteiger partial charge in [0.25, 0.3) is 5.91 Å². The van der Waals surface area contributed by atoms with E-state index in [0.717, 1.165) is 12.2 Å². The Balaban J connectivity index is 1.62. The Hall–Kier alpha value is -1.98. The lowest BCUT2D eigenvalue weighted by molar-refractivity contribution is -0.117. The average Bonchev–Trinajstić information content (AvgIpc) is 3.05. The number of hydrogen-bond donors (Lipinski definition) is 1. The van der Waals surface area contributed by atoms with Crippen LogP contribution in [0.4, 0.5) is 5.69 Å². The van der Waals surface area contributed by atoms with Gasteiger partial charge in [0.15, 0.2) is 0 Å². The van der Waals surface area contributed by atoms with Crippen molar-refractivity contribution in [1.29, 1.82) is 0 Å². The molecule has 1 saturated heterocycles. The summed E-state index contributed by atoms with van der Waals surface area (Å²) in [5.41, 5.74) is 1.09. The number of carbonyl (C=O) groups excluding carboxylic acids is 2. The zero-order valence-electron chi connectivity index (χ0n) is 13.7. The van der Waals surface area contributed by atoms with Crippen molar-refractivity contribution in [3.63, 3.8) is 0 Å². The van der Waals surface area contributed by atoms with E-state index < -0.39 is 0 Å². The fraction of sp³-hybridized carbons (Fsp3) is 0.263. The van der Waals surface area contributed by atoms with Crippen molar-refractivity contribution in [1.82, 2.24) is 5.32 Å². The molecule has 1 heterocycles. The van der Waals surface area contributed by atoms with Gasteiger partial charge in [-0.2, -0.15) is 0 Å². The van der Waals surface area contributed by atoms with Crippen LogP contribution in [0.2, 0.25) is 5.02 Å². The van der Waals surface area contributed by atoms with Crippen LogP contribution in [0, 0.1) is 0 Å². The molecular weight excluding hydrogens is 356 g/mol. The lowest BCUT2D eigenvalue weighted by atomic mass is 10.1. The van der Waals surface area contributed by atoms with Gasteiger partial charge in [0.1, 0.15) is 0 Å². The first-order valence-electron chi connectivity index (χ1n) is 8.21. The van der Waals surface area contributed by atoms with Crippen LogP contribution in [-0.2, 0) is 4.79 Å². The van der Waals surface area contributed by atoms with E-state index in [4.69, 9.17) is 11.6 Å². The summed E-state index contributed by atoms with van der Waals surface area (Å²) >= 11 is 7.76. The summed E-state index contributed by atoms with van der Waals surface area (Å²) in [6.07, 6.45) is 1.32. The Morgan fingerprint density at radius 1 is 1.20 bits per heavy atom. The third kappa shape index (κ3) is 4.55. The van der Waals surface area contributed by atoms with E-state index in [-0.39, 0.29) is 11.8 Å². The minimum Gasteiger partial charge on any atom is -0.351 e. The summed E-state index contributed by atoms with van der Waals surface area (Å²) in [6, 6.07) is 15.1. The predicted octanol–water partition coefficient (Wildman–Crippen LogP) is 3.99. The van der Waals surface area contributed by atoms with Gasteiger partial charge in [-0.3, -0.25) is 9.59 Å². The molecule has 1 fully saturated rings. The number of nitrogens with zero attached hydrogens (tertiary/aromatic N) is 1. The van der Waals surface area contributed by atoms with Gasteiger partial charge >= 0.3 is 0 Å². The number of carbonyl (C=O) groups is 2. The Bertz CT molecular complexity index is 767. The van der Waals surface area contributed by atoms with Crippen LogP contribution in [0.5, 0.6) is 0 Å². The van der Waals surface area contributed by atoms with Crippen LogP contribution in [-0.4, -0.2) is 30.7 Å². The molecule has 0 unspecified atom stereocenters. The van der Waals surface area contributed by atoms with Crippen molar-refractivity contribution in [2.75, 3.05) is 23.7 Å². The second kappa shape index (κ2) is 8.41. The monoisotopic (exact) mass is 374 g/mol. The molecule has 1 aliphatic rings.